The van der Waals surface area contributed by atoms with E-state index in [4.69, 9.17) is 14.6 Å². The van der Waals surface area contributed by atoms with Gasteiger partial charge in [0, 0.05) is 6.07 Å². The van der Waals surface area contributed by atoms with E-state index >= 15 is 0 Å². The predicted octanol–water partition coefficient (Wildman–Crippen LogP) is 4.95. The molecule has 0 aromatic heterocycles. The van der Waals surface area contributed by atoms with Crippen molar-refractivity contribution < 1.29 is 50.5 Å². The third-order valence-corrected chi connectivity index (χ3v) is 6.28. The minimum absolute atomic E-state index is 0.0776. The predicted molar refractivity (Wildman–Crippen MR) is 109 cm³/mol. The van der Waals surface area contributed by atoms with Crippen LogP contribution in [0, 0.1) is 12.7 Å². The summed E-state index contributed by atoms with van der Waals surface area (Å²) in [5.41, 5.74) is -1.37. The Hall–Kier alpha value is -3.80. The molecule has 7 nitrogen and oxygen atoms in total. The van der Waals surface area contributed by atoms with Crippen molar-refractivity contribution in [2.45, 2.75) is 22.9 Å². The van der Waals surface area contributed by atoms with Gasteiger partial charge in [-0.1, -0.05) is 0 Å². The SMILES string of the molecule is Cc1cc(OCC(=O)O)cc(C(F)(F)F)c1Oc1ccc(O)c(S(=O)(=O)c2ccc(F)cc2)c1. The summed E-state index contributed by atoms with van der Waals surface area (Å²) < 4.78 is 90.1. The molecule has 0 aliphatic carbocycles. The summed E-state index contributed by atoms with van der Waals surface area (Å²) in [5, 5.41) is 18.8. The van der Waals surface area contributed by atoms with Gasteiger partial charge in [-0.2, -0.15) is 13.2 Å². The minimum atomic E-state index is -4.93. The first-order valence-corrected chi connectivity index (χ1v) is 10.9. The Bertz CT molecular complexity index is 1330. The van der Waals surface area contributed by atoms with Crippen molar-refractivity contribution in [3.8, 4) is 23.0 Å². The molecule has 3 rings (SSSR count). The summed E-state index contributed by atoms with van der Waals surface area (Å²) in [6, 6.07) is 8.26. The van der Waals surface area contributed by atoms with Crippen molar-refractivity contribution >= 4 is 15.8 Å². The van der Waals surface area contributed by atoms with Crippen molar-refractivity contribution in [2.24, 2.45) is 0 Å². The summed E-state index contributed by atoms with van der Waals surface area (Å²) >= 11 is 0. The normalized spacial score (nSPS) is 11.8. The van der Waals surface area contributed by atoms with E-state index in [0.717, 1.165) is 48.5 Å². The highest BCUT2D eigenvalue weighted by Gasteiger charge is 2.36. The molecule has 0 atom stereocenters. The van der Waals surface area contributed by atoms with E-state index in [0.29, 0.717) is 6.07 Å². The molecule has 0 aliphatic heterocycles. The van der Waals surface area contributed by atoms with Crippen LogP contribution < -0.4 is 9.47 Å². The molecular formula is C22H16F4O7S. The van der Waals surface area contributed by atoms with E-state index < -0.39 is 56.4 Å². The number of hydrogen-bond donors (Lipinski definition) is 2. The van der Waals surface area contributed by atoms with Crippen LogP contribution >= 0.6 is 0 Å². The minimum Gasteiger partial charge on any atom is -0.507 e. The monoisotopic (exact) mass is 500 g/mol. The van der Waals surface area contributed by atoms with Crippen LogP contribution in [-0.2, 0) is 20.8 Å². The number of aromatic hydroxyl groups is 1. The van der Waals surface area contributed by atoms with Crippen LogP contribution in [0.2, 0.25) is 0 Å². The number of phenolic OH excluding ortho intramolecular Hbond substituents is 1. The molecule has 0 unspecified atom stereocenters. The first kappa shape index (κ1) is 24.8. The first-order valence-electron chi connectivity index (χ1n) is 9.37. The van der Waals surface area contributed by atoms with Gasteiger partial charge in [-0.25, -0.2) is 17.6 Å². The summed E-state index contributed by atoms with van der Waals surface area (Å²) in [5.74, 6) is -4.14. The van der Waals surface area contributed by atoms with Gasteiger partial charge in [0.2, 0.25) is 9.84 Å². The number of ether oxygens (including phenoxy) is 2. The van der Waals surface area contributed by atoms with E-state index in [2.05, 4.69) is 0 Å². The van der Waals surface area contributed by atoms with E-state index in [1.165, 1.54) is 6.92 Å². The highest BCUT2D eigenvalue weighted by atomic mass is 32.2. The molecule has 3 aromatic rings. The van der Waals surface area contributed by atoms with E-state index in [-0.39, 0.29) is 22.0 Å². The summed E-state index contributed by atoms with van der Waals surface area (Å²) in [4.78, 5) is 9.63. The van der Waals surface area contributed by atoms with Crippen LogP contribution in [0.1, 0.15) is 11.1 Å². The highest BCUT2D eigenvalue weighted by Crippen LogP contribution is 2.43. The van der Waals surface area contributed by atoms with Gasteiger partial charge in [0.05, 0.1) is 4.90 Å². The third-order valence-electron chi connectivity index (χ3n) is 4.48. The van der Waals surface area contributed by atoms with Crippen molar-refractivity contribution in [3.63, 3.8) is 0 Å². The van der Waals surface area contributed by atoms with E-state index in [1.807, 2.05) is 0 Å². The van der Waals surface area contributed by atoms with Gasteiger partial charge in [0.25, 0.3) is 0 Å². The van der Waals surface area contributed by atoms with Gasteiger partial charge in [-0.15, -0.1) is 0 Å². The largest absolute Gasteiger partial charge is 0.507 e. The van der Waals surface area contributed by atoms with Crippen LogP contribution in [0.25, 0.3) is 0 Å². The Morgan fingerprint density at radius 2 is 1.65 bits per heavy atom. The number of halogens is 4. The molecule has 0 saturated carbocycles. The van der Waals surface area contributed by atoms with Crippen LogP contribution in [0.4, 0.5) is 17.6 Å². The smallest absolute Gasteiger partial charge is 0.420 e. The maximum atomic E-state index is 13.7. The Kier molecular flexibility index (Phi) is 6.73. The maximum Gasteiger partial charge on any atom is 0.420 e. The summed E-state index contributed by atoms with van der Waals surface area (Å²) in [6.45, 7) is 0.397. The number of aryl methyl sites for hydroxylation is 1. The average molecular weight is 500 g/mol. The second kappa shape index (κ2) is 9.21. The van der Waals surface area contributed by atoms with Crippen molar-refractivity contribution in [1.29, 1.82) is 0 Å². The fraction of sp³-hybridized carbons (Fsp3) is 0.136. The molecule has 0 spiro atoms. The van der Waals surface area contributed by atoms with Crippen LogP contribution in [-0.4, -0.2) is 31.2 Å². The second-order valence-corrected chi connectivity index (χ2v) is 8.90. The van der Waals surface area contributed by atoms with E-state index in [1.54, 1.807) is 0 Å². The molecule has 0 saturated heterocycles. The number of sulfone groups is 1. The molecule has 2 N–H and O–H groups in total. The molecule has 180 valence electrons. The Morgan fingerprint density at radius 3 is 2.24 bits per heavy atom. The lowest BCUT2D eigenvalue weighted by molar-refractivity contribution is -0.139. The first-order chi connectivity index (χ1) is 15.8. The van der Waals surface area contributed by atoms with Crippen molar-refractivity contribution in [2.75, 3.05) is 6.61 Å². The maximum absolute atomic E-state index is 13.7. The summed E-state index contributed by atoms with van der Waals surface area (Å²) in [7, 11) is -4.37. The zero-order valence-electron chi connectivity index (χ0n) is 17.3. The standard InChI is InChI=1S/C22H16F4O7S/c1-12-8-15(32-11-20(28)29)9-17(22(24,25)26)21(12)33-14-4-7-18(27)19(10-14)34(30,31)16-5-2-13(23)3-6-16/h2-10,27H,11H2,1H3,(H,28,29). The Morgan fingerprint density at radius 1 is 1.00 bits per heavy atom. The zero-order chi connectivity index (χ0) is 25.3. The number of rotatable bonds is 7. The van der Waals surface area contributed by atoms with Crippen molar-refractivity contribution in [1.82, 2.24) is 0 Å². The highest BCUT2D eigenvalue weighted by molar-refractivity contribution is 7.91. The molecule has 3 aromatic carbocycles. The lowest BCUT2D eigenvalue weighted by atomic mass is 10.1. The Labute approximate surface area is 190 Å². The number of carbonyl (C=O) groups is 1. The topological polar surface area (TPSA) is 110 Å². The van der Waals surface area contributed by atoms with Gasteiger partial charge in [0.15, 0.2) is 6.61 Å². The van der Waals surface area contributed by atoms with Crippen LogP contribution in [0.15, 0.2) is 64.4 Å². The summed E-state index contributed by atoms with van der Waals surface area (Å²) in [6.07, 6.45) is -4.93. The van der Waals surface area contributed by atoms with Gasteiger partial charge >= 0.3 is 12.1 Å². The number of benzene rings is 3. The average Bonchev–Trinajstić information content (AvgIpc) is 2.74. The lowest BCUT2D eigenvalue weighted by Crippen LogP contribution is -2.12. The molecule has 0 aliphatic rings. The quantitative estimate of drug-likeness (QED) is 0.349. The lowest BCUT2D eigenvalue weighted by Gasteiger charge is -2.18. The van der Waals surface area contributed by atoms with Gasteiger partial charge in [0.1, 0.15) is 39.3 Å². The van der Waals surface area contributed by atoms with Crippen molar-refractivity contribution in [3.05, 3.63) is 71.5 Å². The number of phenols is 1. The number of aliphatic carboxylic acids is 1. The molecule has 0 radical (unpaired) electrons. The van der Waals surface area contributed by atoms with Crippen LogP contribution in [0.3, 0.4) is 0 Å². The fourth-order valence-corrected chi connectivity index (χ4v) is 4.31. The Balaban J connectivity index is 2.05. The number of alkyl halides is 3. The molecular weight excluding hydrogens is 484 g/mol. The molecule has 0 heterocycles. The zero-order valence-corrected chi connectivity index (χ0v) is 18.1. The third kappa shape index (κ3) is 5.39. The molecule has 0 amide bonds. The second-order valence-electron chi connectivity index (χ2n) is 6.99. The number of carboxylic acids is 1. The number of carboxylic acid groups (broad SMARTS) is 1. The van der Waals surface area contributed by atoms with Gasteiger partial charge < -0.3 is 19.7 Å². The van der Waals surface area contributed by atoms with E-state index in [9.17, 15) is 35.9 Å². The van der Waals surface area contributed by atoms with Gasteiger partial charge in [-0.05, 0) is 61.0 Å². The molecule has 0 fully saturated rings. The molecule has 0 bridgehead atoms. The molecule has 34 heavy (non-hydrogen) atoms. The fourth-order valence-electron chi connectivity index (χ4n) is 2.95. The molecule has 12 heteroatoms. The van der Waals surface area contributed by atoms with Crippen LogP contribution in [0.5, 0.6) is 23.0 Å². The van der Waals surface area contributed by atoms with Gasteiger partial charge in [-0.3, -0.25) is 0 Å². The number of hydrogen-bond acceptors (Lipinski definition) is 6.